The summed E-state index contributed by atoms with van der Waals surface area (Å²) in [6.07, 6.45) is 1.51. The molecule has 1 fully saturated rings. The van der Waals surface area contributed by atoms with Gasteiger partial charge in [0.15, 0.2) is 0 Å². The van der Waals surface area contributed by atoms with Crippen LogP contribution in [0.1, 0.15) is 25.8 Å². The molecule has 0 saturated carbocycles. The van der Waals surface area contributed by atoms with Gasteiger partial charge in [-0.05, 0) is 37.0 Å². The van der Waals surface area contributed by atoms with Crippen molar-refractivity contribution in [3.63, 3.8) is 0 Å². The number of hydrogen-bond acceptors (Lipinski definition) is 2. The van der Waals surface area contributed by atoms with Gasteiger partial charge < -0.3 is 4.74 Å². The normalized spacial score (nSPS) is 28.6. The largest absolute Gasteiger partial charge is 0.364 e. The lowest BCUT2D eigenvalue weighted by Gasteiger charge is -2.10. The van der Waals surface area contributed by atoms with Gasteiger partial charge in [0, 0.05) is 5.75 Å². The molecule has 0 N–H and O–H groups in total. The molecule has 2 rings (SSSR count). The van der Waals surface area contributed by atoms with Gasteiger partial charge in [0.25, 0.3) is 0 Å². The molecule has 0 bridgehead atoms. The molecular weight excluding hydrogens is 275 g/mol. The van der Waals surface area contributed by atoms with Crippen LogP contribution in [-0.2, 0) is 10.5 Å². The number of hydrogen-bond donors (Lipinski definition) is 0. The second-order valence-corrected chi connectivity index (χ2v) is 6.51. The van der Waals surface area contributed by atoms with Crippen LogP contribution in [-0.4, -0.2) is 11.5 Å². The van der Waals surface area contributed by atoms with Crippen molar-refractivity contribution in [2.75, 3.05) is 0 Å². The van der Waals surface area contributed by atoms with E-state index in [4.69, 9.17) is 27.9 Å². The second-order valence-electron chi connectivity index (χ2n) is 4.54. The predicted molar refractivity (Wildman–Crippen MR) is 75.9 cm³/mol. The summed E-state index contributed by atoms with van der Waals surface area (Å²) in [7, 11) is 0. The molecule has 1 saturated heterocycles. The summed E-state index contributed by atoms with van der Waals surface area (Å²) in [6, 6.07) is 5.79. The zero-order valence-corrected chi connectivity index (χ0v) is 12.3. The van der Waals surface area contributed by atoms with E-state index in [0.29, 0.717) is 27.5 Å². The highest BCUT2D eigenvalue weighted by Crippen LogP contribution is 2.34. The summed E-state index contributed by atoms with van der Waals surface area (Å²) >= 11 is 13.7. The molecule has 94 valence electrons. The summed E-state index contributed by atoms with van der Waals surface area (Å²) in [5.74, 6) is 1.57. The Bertz CT molecular complexity index is 387. The monoisotopic (exact) mass is 290 g/mol. The fourth-order valence-electron chi connectivity index (χ4n) is 1.85. The molecule has 4 heteroatoms. The highest BCUT2D eigenvalue weighted by molar-refractivity contribution is 7.99. The van der Waals surface area contributed by atoms with Gasteiger partial charge in [-0.3, -0.25) is 0 Å². The van der Waals surface area contributed by atoms with Crippen LogP contribution in [0, 0.1) is 5.92 Å². The fraction of sp³-hybridized carbons (Fsp3) is 0.538. The Morgan fingerprint density at radius 3 is 2.65 bits per heavy atom. The molecule has 17 heavy (non-hydrogen) atoms. The minimum atomic E-state index is 0.314. The quantitative estimate of drug-likeness (QED) is 0.775. The number of halogens is 2. The van der Waals surface area contributed by atoms with Crippen molar-refractivity contribution >= 4 is 35.0 Å². The number of benzene rings is 1. The van der Waals surface area contributed by atoms with Gasteiger partial charge in [0.2, 0.25) is 0 Å². The lowest BCUT2D eigenvalue weighted by atomic mass is 10.1. The molecule has 1 heterocycles. The van der Waals surface area contributed by atoms with Gasteiger partial charge in [0.05, 0.1) is 16.1 Å². The summed E-state index contributed by atoms with van der Waals surface area (Å²) in [6.45, 7) is 4.38. The van der Waals surface area contributed by atoms with E-state index in [1.807, 2.05) is 30.0 Å². The van der Waals surface area contributed by atoms with E-state index in [0.717, 1.165) is 12.2 Å². The Labute approximate surface area is 117 Å². The average Bonchev–Trinajstić information content (AvgIpc) is 2.60. The Balaban J connectivity index is 1.88. The first-order chi connectivity index (χ1) is 8.06. The molecule has 1 nitrogen and oxygen atoms in total. The van der Waals surface area contributed by atoms with Gasteiger partial charge in [0.1, 0.15) is 5.44 Å². The lowest BCUT2D eigenvalue weighted by molar-refractivity contribution is 0.0922. The van der Waals surface area contributed by atoms with Crippen LogP contribution in [0.25, 0.3) is 0 Å². The first-order valence-electron chi connectivity index (χ1n) is 5.77. The SMILES string of the molecule is C[C@@H]1CC(SCc2ccc(Cl)c(Cl)c2)O[C@H]1C. The Kier molecular flexibility index (Phi) is 4.65. The first kappa shape index (κ1) is 13.5. The maximum Gasteiger partial charge on any atom is 0.104 e. The van der Waals surface area contributed by atoms with Crippen LogP contribution in [0.4, 0.5) is 0 Å². The maximum absolute atomic E-state index is 5.98. The molecule has 0 aromatic heterocycles. The Morgan fingerprint density at radius 2 is 2.06 bits per heavy atom. The number of rotatable bonds is 3. The van der Waals surface area contributed by atoms with Crippen molar-refractivity contribution < 1.29 is 4.74 Å². The molecule has 1 aromatic carbocycles. The molecule has 1 aliphatic heterocycles. The first-order valence-corrected chi connectivity index (χ1v) is 7.57. The predicted octanol–water partition coefficient (Wildman–Crippen LogP) is 5.00. The lowest BCUT2D eigenvalue weighted by Crippen LogP contribution is -2.07. The second kappa shape index (κ2) is 5.83. The van der Waals surface area contributed by atoms with Crippen LogP contribution in [0.15, 0.2) is 18.2 Å². The zero-order valence-electron chi connectivity index (χ0n) is 9.95. The van der Waals surface area contributed by atoms with E-state index in [9.17, 15) is 0 Å². The topological polar surface area (TPSA) is 9.23 Å². The number of ether oxygens (including phenoxy) is 1. The van der Waals surface area contributed by atoms with Crippen molar-refractivity contribution in [3.8, 4) is 0 Å². The highest BCUT2D eigenvalue weighted by Gasteiger charge is 2.28. The van der Waals surface area contributed by atoms with Crippen molar-refractivity contribution in [2.24, 2.45) is 5.92 Å². The third-order valence-electron chi connectivity index (χ3n) is 3.15. The summed E-state index contributed by atoms with van der Waals surface area (Å²) in [5.41, 5.74) is 1.51. The van der Waals surface area contributed by atoms with E-state index in [1.54, 1.807) is 0 Å². The molecule has 0 amide bonds. The van der Waals surface area contributed by atoms with E-state index in [-0.39, 0.29) is 0 Å². The average molecular weight is 291 g/mol. The van der Waals surface area contributed by atoms with E-state index in [2.05, 4.69) is 13.8 Å². The van der Waals surface area contributed by atoms with Crippen molar-refractivity contribution in [1.82, 2.24) is 0 Å². The molecule has 1 aliphatic rings. The van der Waals surface area contributed by atoms with Crippen molar-refractivity contribution in [3.05, 3.63) is 33.8 Å². The number of thioether (sulfide) groups is 1. The van der Waals surface area contributed by atoms with Crippen LogP contribution in [0.2, 0.25) is 10.0 Å². The minimum absolute atomic E-state index is 0.314. The maximum atomic E-state index is 5.98. The van der Waals surface area contributed by atoms with Gasteiger partial charge in [-0.15, -0.1) is 11.8 Å². The van der Waals surface area contributed by atoms with Gasteiger partial charge in [-0.25, -0.2) is 0 Å². The minimum Gasteiger partial charge on any atom is -0.364 e. The summed E-state index contributed by atoms with van der Waals surface area (Å²) in [5, 5.41) is 1.23. The third kappa shape index (κ3) is 3.54. The molecule has 0 spiro atoms. The molecule has 1 unspecified atom stereocenters. The van der Waals surface area contributed by atoms with E-state index >= 15 is 0 Å². The molecule has 0 aliphatic carbocycles. The fourth-order valence-corrected chi connectivity index (χ4v) is 3.42. The van der Waals surface area contributed by atoms with Crippen LogP contribution >= 0.6 is 35.0 Å². The van der Waals surface area contributed by atoms with Crippen LogP contribution < -0.4 is 0 Å². The van der Waals surface area contributed by atoms with Gasteiger partial charge >= 0.3 is 0 Å². The van der Waals surface area contributed by atoms with Crippen LogP contribution in [0.5, 0.6) is 0 Å². The standard InChI is InChI=1S/C13H16Cl2OS/c1-8-5-13(16-9(8)2)17-7-10-3-4-11(14)12(15)6-10/h3-4,6,8-9,13H,5,7H2,1-2H3/t8-,9+,13?/m1/s1. The Hall–Kier alpha value is 0.110. The molecular formula is C13H16Cl2OS. The molecule has 1 aromatic rings. The van der Waals surface area contributed by atoms with Crippen molar-refractivity contribution in [1.29, 1.82) is 0 Å². The summed E-state index contributed by atoms with van der Waals surface area (Å²) in [4.78, 5) is 0. The third-order valence-corrected chi connectivity index (χ3v) is 5.07. The van der Waals surface area contributed by atoms with Crippen molar-refractivity contribution in [2.45, 2.75) is 37.6 Å². The summed E-state index contributed by atoms with van der Waals surface area (Å²) < 4.78 is 5.85. The van der Waals surface area contributed by atoms with E-state index in [1.165, 1.54) is 5.56 Å². The highest BCUT2D eigenvalue weighted by atomic mass is 35.5. The zero-order chi connectivity index (χ0) is 12.4. The smallest absolute Gasteiger partial charge is 0.104 e. The van der Waals surface area contributed by atoms with E-state index < -0.39 is 0 Å². The van der Waals surface area contributed by atoms with Gasteiger partial charge in [-0.1, -0.05) is 36.2 Å². The molecule has 3 atom stereocenters. The van der Waals surface area contributed by atoms with Crippen LogP contribution in [0.3, 0.4) is 0 Å². The van der Waals surface area contributed by atoms with Gasteiger partial charge in [-0.2, -0.15) is 0 Å². The Morgan fingerprint density at radius 1 is 1.29 bits per heavy atom. The molecule has 0 radical (unpaired) electrons.